The first-order valence-corrected chi connectivity index (χ1v) is 11.9. The Morgan fingerprint density at radius 1 is 1.03 bits per heavy atom. The monoisotopic (exact) mass is 475 g/mol. The number of anilines is 1. The zero-order valence-electron chi connectivity index (χ0n) is 21.0. The average Bonchev–Trinajstić information content (AvgIpc) is 3.12. The van der Waals surface area contributed by atoms with Crippen molar-refractivity contribution in [3.8, 4) is 17.2 Å². The molecule has 8 heteroatoms. The van der Waals surface area contributed by atoms with Gasteiger partial charge in [0.2, 0.25) is 0 Å². The molecule has 0 saturated carbocycles. The molecule has 2 heterocycles. The zero-order chi connectivity index (χ0) is 25.1. The smallest absolute Gasteiger partial charge is 0.257 e. The van der Waals surface area contributed by atoms with Crippen LogP contribution in [0.15, 0.2) is 42.5 Å². The van der Waals surface area contributed by atoms with Gasteiger partial charge in [0.25, 0.3) is 5.91 Å². The maximum atomic E-state index is 13.5. The lowest BCUT2D eigenvalue weighted by Gasteiger charge is -2.15. The molecule has 0 fully saturated rings. The van der Waals surface area contributed by atoms with Crippen LogP contribution in [0.1, 0.15) is 50.4 Å². The third kappa shape index (κ3) is 4.87. The fourth-order valence-electron chi connectivity index (χ4n) is 4.30. The van der Waals surface area contributed by atoms with Gasteiger partial charge in [-0.2, -0.15) is 0 Å². The second-order valence-corrected chi connectivity index (χ2v) is 9.22. The van der Waals surface area contributed by atoms with Crippen LogP contribution in [-0.2, 0) is 0 Å². The molecule has 0 aliphatic rings. The Balaban J connectivity index is 1.87. The highest BCUT2D eigenvalue weighted by molar-refractivity contribution is 6.11. The van der Waals surface area contributed by atoms with Gasteiger partial charge in [-0.25, -0.2) is 9.97 Å². The van der Waals surface area contributed by atoms with Crippen LogP contribution in [0.2, 0.25) is 0 Å². The molecular weight excluding hydrogens is 442 g/mol. The second-order valence-electron chi connectivity index (χ2n) is 9.22. The molecule has 8 nitrogen and oxygen atoms in total. The van der Waals surface area contributed by atoms with Gasteiger partial charge in [0.15, 0.2) is 5.65 Å². The van der Waals surface area contributed by atoms with Crippen LogP contribution in [0, 0.1) is 5.92 Å². The number of para-hydroxylation sites is 2. The molecule has 0 aliphatic carbocycles. The highest BCUT2D eigenvalue weighted by atomic mass is 16.5. The van der Waals surface area contributed by atoms with E-state index in [1.54, 1.807) is 30.9 Å². The summed E-state index contributed by atoms with van der Waals surface area (Å²) >= 11 is 0. The Morgan fingerprint density at radius 2 is 1.74 bits per heavy atom. The molecule has 0 spiro atoms. The Hall–Kier alpha value is -3.81. The number of fused-ring (bicyclic) bond motifs is 2. The minimum absolute atomic E-state index is 0.00109. The van der Waals surface area contributed by atoms with E-state index >= 15 is 0 Å². The minimum Gasteiger partial charge on any atom is -0.497 e. The highest BCUT2D eigenvalue weighted by Gasteiger charge is 2.27. The topological polar surface area (TPSA) is 104 Å². The van der Waals surface area contributed by atoms with Crippen LogP contribution in [0.5, 0.6) is 11.5 Å². The number of methoxy groups -OCH3 is 2. The molecule has 35 heavy (non-hydrogen) atoms. The highest BCUT2D eigenvalue weighted by Crippen LogP contribution is 2.36. The van der Waals surface area contributed by atoms with Gasteiger partial charge in [-0.3, -0.25) is 9.36 Å². The summed E-state index contributed by atoms with van der Waals surface area (Å²) in [6, 6.07) is 13.0. The van der Waals surface area contributed by atoms with Gasteiger partial charge >= 0.3 is 0 Å². The van der Waals surface area contributed by atoms with Gasteiger partial charge in [-0.1, -0.05) is 38.8 Å². The molecule has 3 N–H and O–H groups in total. The van der Waals surface area contributed by atoms with Gasteiger partial charge in [0.05, 0.1) is 30.9 Å². The van der Waals surface area contributed by atoms with Gasteiger partial charge in [0, 0.05) is 12.1 Å². The van der Waals surface area contributed by atoms with Crippen molar-refractivity contribution in [2.75, 3.05) is 20.0 Å². The number of carbonyl (C=O) groups is 1. The summed E-state index contributed by atoms with van der Waals surface area (Å²) in [5.74, 6) is 1.80. The Labute approximate surface area is 205 Å². The summed E-state index contributed by atoms with van der Waals surface area (Å²) in [5, 5.41) is 3.11. The first kappa shape index (κ1) is 24.3. The predicted molar refractivity (Wildman–Crippen MR) is 140 cm³/mol. The number of carbonyl (C=O) groups excluding carboxylic acids is 1. The maximum absolute atomic E-state index is 13.5. The van der Waals surface area contributed by atoms with E-state index in [9.17, 15) is 4.79 Å². The third-order valence-electron chi connectivity index (χ3n) is 6.15. The molecule has 1 atom stereocenters. The third-order valence-corrected chi connectivity index (χ3v) is 6.15. The second kappa shape index (κ2) is 10.2. The number of amides is 1. The van der Waals surface area contributed by atoms with Crippen molar-refractivity contribution < 1.29 is 14.3 Å². The molecule has 2 aromatic heterocycles. The summed E-state index contributed by atoms with van der Waals surface area (Å²) in [4.78, 5) is 23.2. The van der Waals surface area contributed by atoms with E-state index in [-0.39, 0.29) is 17.8 Å². The molecule has 1 unspecified atom stereocenters. The normalized spacial score (nSPS) is 12.3. The lowest BCUT2D eigenvalue weighted by molar-refractivity contribution is 0.0940. The maximum Gasteiger partial charge on any atom is 0.257 e. The lowest BCUT2D eigenvalue weighted by atomic mass is 10.0. The van der Waals surface area contributed by atoms with Crippen LogP contribution >= 0.6 is 0 Å². The number of nitrogens with two attached hydrogens (primary N) is 1. The van der Waals surface area contributed by atoms with Crippen molar-refractivity contribution >= 4 is 33.9 Å². The number of nitrogens with one attached hydrogen (secondary N) is 1. The number of aromatic nitrogens is 3. The molecular formula is C27H33N5O3. The molecule has 0 aliphatic heterocycles. The van der Waals surface area contributed by atoms with E-state index in [0.29, 0.717) is 50.9 Å². The van der Waals surface area contributed by atoms with E-state index in [4.69, 9.17) is 25.2 Å². The number of benzene rings is 2. The number of rotatable bonds is 9. The van der Waals surface area contributed by atoms with E-state index in [0.717, 1.165) is 19.3 Å². The van der Waals surface area contributed by atoms with Gasteiger partial charge in [-0.05, 0) is 43.5 Å². The van der Waals surface area contributed by atoms with Crippen molar-refractivity contribution in [1.29, 1.82) is 0 Å². The van der Waals surface area contributed by atoms with Crippen LogP contribution in [-0.4, -0.2) is 40.7 Å². The van der Waals surface area contributed by atoms with Crippen molar-refractivity contribution in [2.24, 2.45) is 5.92 Å². The summed E-state index contributed by atoms with van der Waals surface area (Å²) < 4.78 is 12.8. The molecule has 4 aromatic rings. The fourth-order valence-corrected chi connectivity index (χ4v) is 4.30. The summed E-state index contributed by atoms with van der Waals surface area (Å²) in [6.07, 6.45) is 3.05. The molecule has 184 valence electrons. The number of hydrogen-bond donors (Lipinski definition) is 2. The first-order chi connectivity index (χ1) is 16.8. The number of nitrogens with zero attached hydrogens (tertiary/aromatic N) is 3. The van der Waals surface area contributed by atoms with Gasteiger partial charge in [-0.15, -0.1) is 0 Å². The van der Waals surface area contributed by atoms with Gasteiger partial charge in [0.1, 0.15) is 28.4 Å². The molecule has 0 radical (unpaired) electrons. The van der Waals surface area contributed by atoms with Crippen molar-refractivity contribution in [3.05, 3.63) is 48.0 Å². The largest absolute Gasteiger partial charge is 0.497 e. The summed E-state index contributed by atoms with van der Waals surface area (Å²) in [6.45, 7) is 6.42. The minimum atomic E-state index is -0.269. The Kier molecular flexibility index (Phi) is 7.10. The molecule has 2 aromatic carbocycles. The quantitative estimate of drug-likeness (QED) is 0.348. The van der Waals surface area contributed by atoms with E-state index < -0.39 is 0 Å². The van der Waals surface area contributed by atoms with E-state index in [1.165, 1.54) is 0 Å². The van der Waals surface area contributed by atoms with Crippen molar-refractivity contribution in [3.63, 3.8) is 0 Å². The molecule has 0 saturated heterocycles. The number of nitrogen functional groups attached to an aromatic ring is 1. The van der Waals surface area contributed by atoms with Crippen molar-refractivity contribution in [2.45, 2.75) is 46.1 Å². The first-order valence-electron chi connectivity index (χ1n) is 11.9. The van der Waals surface area contributed by atoms with Gasteiger partial charge < -0.3 is 20.5 Å². The Bertz CT molecular complexity index is 1360. The molecule has 1 amide bonds. The lowest BCUT2D eigenvalue weighted by Crippen LogP contribution is -2.33. The van der Waals surface area contributed by atoms with Crippen LogP contribution in [0.25, 0.3) is 27.9 Å². The number of ether oxygens (including phenoxy) is 2. The summed E-state index contributed by atoms with van der Waals surface area (Å²) in [5.41, 5.74) is 9.90. The molecule has 4 rings (SSSR count). The average molecular weight is 476 g/mol. The molecule has 0 bridgehead atoms. The van der Waals surface area contributed by atoms with E-state index in [1.807, 2.05) is 37.3 Å². The standard InChI is InChI=1S/C27H33N5O3/c1-16(2)9-8-10-17(3)29-27(33)23-24-26(31-20-12-7-6-11-19(20)30-24)32(25(23)28)21-15-18(34-4)13-14-22(21)35-5/h6-7,11-17H,8-10,28H2,1-5H3,(H,29,33). The van der Waals surface area contributed by atoms with Crippen LogP contribution in [0.3, 0.4) is 0 Å². The fraction of sp³-hybridized carbons (Fsp3) is 0.370. The zero-order valence-corrected chi connectivity index (χ0v) is 21.0. The predicted octanol–water partition coefficient (Wildman–Crippen LogP) is 5.12. The van der Waals surface area contributed by atoms with Crippen LogP contribution < -0.4 is 20.5 Å². The SMILES string of the molecule is COc1ccc(OC)c(-n2c(N)c(C(=O)NC(C)CCCC(C)C)c3nc4ccccc4nc32)c1. The Morgan fingerprint density at radius 3 is 2.40 bits per heavy atom. The van der Waals surface area contributed by atoms with Crippen molar-refractivity contribution in [1.82, 2.24) is 19.9 Å². The van der Waals surface area contributed by atoms with E-state index in [2.05, 4.69) is 19.2 Å². The number of hydrogen-bond acceptors (Lipinski definition) is 6. The summed E-state index contributed by atoms with van der Waals surface area (Å²) in [7, 11) is 3.18. The van der Waals surface area contributed by atoms with Crippen LogP contribution in [0.4, 0.5) is 5.82 Å².